The fourth-order valence-electron chi connectivity index (χ4n) is 9.46. The van der Waals surface area contributed by atoms with E-state index in [1.54, 1.807) is 24.3 Å². The number of aromatic nitrogens is 3. The Labute approximate surface area is 383 Å². The maximum absolute atomic E-state index is 13.4. The molecule has 6 amide bonds. The van der Waals surface area contributed by atoms with Crippen LogP contribution in [-0.4, -0.2) is 125 Å². The number of pyridine rings is 1. The number of hydrogen-bond acceptors (Lipinski definition) is 11. The van der Waals surface area contributed by atoms with Crippen molar-refractivity contribution in [1.82, 2.24) is 34.8 Å². The van der Waals surface area contributed by atoms with Gasteiger partial charge in [0.25, 0.3) is 11.8 Å². The predicted molar refractivity (Wildman–Crippen MR) is 249 cm³/mol. The van der Waals surface area contributed by atoms with Crippen molar-refractivity contribution < 1.29 is 28.7 Å². The Morgan fingerprint density at radius 2 is 1.52 bits per heavy atom. The summed E-state index contributed by atoms with van der Waals surface area (Å²) in [6, 6.07) is 27.7. The lowest BCUT2D eigenvalue weighted by Crippen LogP contribution is -2.49. The average molecular weight is 894 g/mol. The SMILES string of the molecule is CN(CCC(=O)N1CCC([C@@H]2CCNc3c(C(N)=O)c(-c4ccc(Oc5ccccc5)cc4)nn32)CC1)Cc1ccc(N2CCN(C(=O)c3ccc(N4CCC(=O)NC4=O)cc3)CC2)cn1. The van der Waals surface area contributed by atoms with Gasteiger partial charge in [0.2, 0.25) is 11.8 Å². The first-order valence-electron chi connectivity index (χ1n) is 22.7. The summed E-state index contributed by atoms with van der Waals surface area (Å²) >= 11 is 0. The van der Waals surface area contributed by atoms with Crippen molar-refractivity contribution in [3.63, 3.8) is 0 Å². The van der Waals surface area contributed by atoms with Crippen LogP contribution in [0.1, 0.15) is 64.6 Å². The van der Waals surface area contributed by atoms with Gasteiger partial charge in [0.05, 0.1) is 23.6 Å². The van der Waals surface area contributed by atoms with Crippen LogP contribution in [0.25, 0.3) is 11.3 Å². The van der Waals surface area contributed by atoms with E-state index in [0.29, 0.717) is 112 Å². The number of nitrogens with one attached hydrogen (secondary N) is 2. The minimum absolute atomic E-state index is 0.0605. The molecule has 17 nitrogen and oxygen atoms in total. The lowest BCUT2D eigenvalue weighted by atomic mass is 9.86. The van der Waals surface area contributed by atoms with Crippen LogP contribution in [0, 0.1) is 5.92 Å². The zero-order valence-electron chi connectivity index (χ0n) is 37.1. The first-order chi connectivity index (χ1) is 32.1. The molecule has 4 aliphatic rings. The molecule has 0 unspecified atom stereocenters. The number of fused-ring (bicyclic) bond motifs is 1. The Bertz CT molecular complexity index is 2550. The van der Waals surface area contributed by atoms with E-state index in [2.05, 4.69) is 26.5 Å². The number of anilines is 3. The van der Waals surface area contributed by atoms with Crippen molar-refractivity contribution in [2.24, 2.45) is 11.7 Å². The van der Waals surface area contributed by atoms with Crippen molar-refractivity contribution in [3.05, 3.63) is 114 Å². The van der Waals surface area contributed by atoms with Crippen LogP contribution in [0.3, 0.4) is 0 Å². The van der Waals surface area contributed by atoms with Gasteiger partial charge in [-0.3, -0.25) is 34.4 Å². The van der Waals surface area contributed by atoms with E-state index in [1.165, 1.54) is 4.90 Å². The molecule has 17 heteroatoms. The van der Waals surface area contributed by atoms with Crippen molar-refractivity contribution >= 4 is 46.9 Å². The average Bonchev–Trinajstić information content (AvgIpc) is 3.75. The van der Waals surface area contributed by atoms with E-state index in [1.807, 2.05) is 88.4 Å². The molecule has 0 aliphatic carbocycles. The Morgan fingerprint density at radius 3 is 2.20 bits per heavy atom. The number of ether oxygens (including phenoxy) is 1. The summed E-state index contributed by atoms with van der Waals surface area (Å²) in [5.41, 5.74) is 10.8. The number of urea groups is 1. The third-order valence-corrected chi connectivity index (χ3v) is 13.1. The van der Waals surface area contributed by atoms with E-state index in [-0.39, 0.29) is 30.2 Å². The summed E-state index contributed by atoms with van der Waals surface area (Å²) in [4.78, 5) is 77.7. The number of piperazine rings is 1. The number of imide groups is 1. The topological polar surface area (TPSA) is 192 Å². The molecule has 5 aromatic rings. The Hall–Kier alpha value is -7.27. The molecule has 3 fully saturated rings. The molecular weight excluding hydrogens is 839 g/mol. The lowest BCUT2D eigenvalue weighted by Gasteiger charge is -2.38. The van der Waals surface area contributed by atoms with Gasteiger partial charge >= 0.3 is 6.03 Å². The van der Waals surface area contributed by atoms with Crippen LogP contribution in [0.5, 0.6) is 11.5 Å². The molecule has 3 aromatic carbocycles. The van der Waals surface area contributed by atoms with Gasteiger partial charge in [-0.25, -0.2) is 9.48 Å². The molecular formula is C49H55N11O6. The van der Waals surface area contributed by atoms with Crippen LogP contribution in [0.15, 0.2) is 97.2 Å². The van der Waals surface area contributed by atoms with Gasteiger partial charge in [-0.1, -0.05) is 18.2 Å². The number of primary amides is 1. The number of hydrogen-bond donors (Lipinski definition) is 3. The van der Waals surface area contributed by atoms with Crippen molar-refractivity contribution in [3.8, 4) is 22.8 Å². The number of rotatable bonds is 13. The molecule has 9 rings (SSSR count). The second kappa shape index (κ2) is 19.5. The maximum Gasteiger partial charge on any atom is 0.328 e. The summed E-state index contributed by atoms with van der Waals surface area (Å²) in [5.74, 6) is 1.64. The van der Waals surface area contributed by atoms with Gasteiger partial charge in [0, 0.05) is 95.1 Å². The van der Waals surface area contributed by atoms with E-state index in [4.69, 9.17) is 20.6 Å². The highest BCUT2D eigenvalue weighted by Gasteiger charge is 2.36. The van der Waals surface area contributed by atoms with Gasteiger partial charge in [-0.05, 0) is 105 Å². The molecule has 6 heterocycles. The number of carbonyl (C=O) groups is 5. The van der Waals surface area contributed by atoms with Crippen LogP contribution >= 0.6 is 0 Å². The number of piperidine rings is 1. The zero-order valence-corrected chi connectivity index (χ0v) is 37.1. The Kier molecular flexibility index (Phi) is 13.0. The van der Waals surface area contributed by atoms with Crippen LogP contribution in [0.4, 0.5) is 22.0 Å². The van der Waals surface area contributed by atoms with E-state index in [9.17, 15) is 24.0 Å². The number of nitrogens with zero attached hydrogens (tertiary/aromatic N) is 8. The first-order valence-corrected chi connectivity index (χ1v) is 22.7. The molecule has 1 atom stereocenters. The highest BCUT2D eigenvalue weighted by molar-refractivity contribution is 6.06. The number of likely N-dealkylation sites (tertiary alicyclic amines) is 1. The van der Waals surface area contributed by atoms with Gasteiger partial charge in [0.15, 0.2) is 0 Å². The third-order valence-electron chi connectivity index (χ3n) is 13.1. The molecule has 66 heavy (non-hydrogen) atoms. The molecule has 0 saturated carbocycles. The Morgan fingerprint density at radius 1 is 0.803 bits per heavy atom. The van der Waals surface area contributed by atoms with E-state index < -0.39 is 11.9 Å². The van der Waals surface area contributed by atoms with Crippen molar-refractivity contribution in [2.75, 3.05) is 81.1 Å². The van der Waals surface area contributed by atoms with Crippen molar-refractivity contribution in [2.45, 2.75) is 44.7 Å². The molecule has 0 spiro atoms. The van der Waals surface area contributed by atoms with E-state index >= 15 is 0 Å². The smallest absolute Gasteiger partial charge is 0.328 e. The number of nitrogens with two attached hydrogens (primary N) is 1. The van der Waals surface area contributed by atoms with Crippen LogP contribution < -0.4 is 30.9 Å². The Balaban J connectivity index is 0.718. The van der Waals surface area contributed by atoms with Gasteiger partial charge in [-0.2, -0.15) is 5.10 Å². The van der Waals surface area contributed by atoms with Crippen LogP contribution in [0.2, 0.25) is 0 Å². The first kappa shape index (κ1) is 44.0. The van der Waals surface area contributed by atoms with Crippen LogP contribution in [-0.2, 0) is 16.1 Å². The summed E-state index contributed by atoms with van der Waals surface area (Å²) in [5, 5.41) is 10.7. The molecule has 3 saturated heterocycles. The predicted octanol–water partition coefficient (Wildman–Crippen LogP) is 5.36. The lowest BCUT2D eigenvalue weighted by molar-refractivity contribution is -0.133. The highest BCUT2D eigenvalue weighted by atomic mass is 16.5. The normalized spacial score (nSPS) is 17.9. The highest BCUT2D eigenvalue weighted by Crippen LogP contribution is 2.40. The van der Waals surface area contributed by atoms with E-state index in [0.717, 1.165) is 42.0 Å². The number of carbonyl (C=O) groups excluding carboxylic acids is 5. The minimum Gasteiger partial charge on any atom is -0.457 e. The third kappa shape index (κ3) is 9.71. The largest absolute Gasteiger partial charge is 0.457 e. The van der Waals surface area contributed by atoms with Gasteiger partial charge in [0.1, 0.15) is 28.6 Å². The summed E-state index contributed by atoms with van der Waals surface area (Å²) in [7, 11) is 2.01. The summed E-state index contributed by atoms with van der Waals surface area (Å²) in [6.45, 7) is 6.07. The van der Waals surface area contributed by atoms with Gasteiger partial charge in [-0.15, -0.1) is 0 Å². The zero-order chi connectivity index (χ0) is 45.7. The molecule has 0 radical (unpaired) electrons. The molecule has 4 N–H and O–H groups in total. The monoisotopic (exact) mass is 893 g/mol. The van der Waals surface area contributed by atoms with Gasteiger partial charge < -0.3 is 35.4 Å². The summed E-state index contributed by atoms with van der Waals surface area (Å²) < 4.78 is 7.93. The standard InChI is InChI=1S/C49H55N11O6/c1-55(32-36-11-14-38(31-52-36)56-27-29-58(30-28-56)48(64)35-7-12-37(13-8-35)59-26-20-42(61)53-49(59)65)23-21-43(62)57-24-18-33(19-25-57)41-17-22-51-47-44(46(50)63)45(54-60(41)47)34-9-15-40(16-10-34)66-39-5-3-2-4-6-39/h2-16,31,33,41,51H,17-30,32H2,1H3,(H2,50,63)(H,53,61,65)/t41-/m0/s1. The minimum atomic E-state index is -0.529. The second-order valence-corrected chi connectivity index (χ2v) is 17.4. The quantitative estimate of drug-likeness (QED) is 0.138. The fourth-order valence-corrected chi connectivity index (χ4v) is 9.46. The maximum atomic E-state index is 13.4. The fraction of sp³-hybridized carbons (Fsp3) is 0.367. The number of benzene rings is 3. The molecule has 0 bridgehead atoms. The molecule has 342 valence electrons. The van der Waals surface area contributed by atoms with Crippen molar-refractivity contribution in [1.29, 1.82) is 0 Å². The molecule has 2 aromatic heterocycles. The number of amides is 6. The summed E-state index contributed by atoms with van der Waals surface area (Å²) in [6.07, 6.45) is 5.09. The molecule has 4 aliphatic heterocycles. The second-order valence-electron chi connectivity index (χ2n) is 17.4. The number of para-hydroxylation sites is 1.